The van der Waals surface area contributed by atoms with Gasteiger partial charge in [-0.2, -0.15) is 15.1 Å². The number of aromatic nitrogens is 6. The number of hydrogen-bond donors (Lipinski definition) is 0. The molecular formula is C32H45ClN7O9PS. The Morgan fingerprint density at radius 1 is 1.22 bits per heavy atom. The number of thiocarbonyl (C=S) groups is 1. The monoisotopic (exact) mass is 769 g/mol. The molecule has 1 saturated carbocycles. The minimum Gasteiger partial charge on any atom is -0.467 e. The SMILES string of the molecule is CCOP(C)(=O)C(COC(=S)n1ccnc1)OC[C@H]1O[C@@H](n2ncc3c(N(C(=O)OC(C)(C)C)C4CCCC4)nc(Cl)nc32)[C@@H]2OC(C)(C)O[C@@H]21. The summed E-state index contributed by atoms with van der Waals surface area (Å²) in [5.74, 6) is -1.64. The van der Waals surface area contributed by atoms with Crippen LogP contribution in [0.15, 0.2) is 24.9 Å². The van der Waals surface area contributed by atoms with Crippen LogP contribution in [-0.4, -0.2) is 109 Å². The third-order valence-electron chi connectivity index (χ3n) is 8.71. The molecule has 0 aromatic carbocycles. The maximum absolute atomic E-state index is 13.7. The number of amides is 1. The van der Waals surface area contributed by atoms with Gasteiger partial charge in [-0.1, -0.05) is 12.8 Å². The van der Waals surface area contributed by atoms with Crippen LogP contribution in [0, 0.1) is 0 Å². The topological polar surface area (TPSA) is 163 Å². The number of hydrogen-bond acceptors (Lipinski definition) is 14. The van der Waals surface area contributed by atoms with Gasteiger partial charge in [0.1, 0.15) is 36.8 Å². The quantitative estimate of drug-likeness (QED) is 0.128. The number of imidazole rings is 1. The summed E-state index contributed by atoms with van der Waals surface area (Å²) in [7, 11) is -3.34. The van der Waals surface area contributed by atoms with E-state index in [4.69, 9.17) is 56.8 Å². The third kappa shape index (κ3) is 8.41. The number of fused-ring (bicyclic) bond motifs is 2. The zero-order valence-corrected chi connectivity index (χ0v) is 32.2. The van der Waals surface area contributed by atoms with Crippen LogP contribution in [0.25, 0.3) is 11.0 Å². The highest BCUT2D eigenvalue weighted by Gasteiger charge is 2.57. The van der Waals surface area contributed by atoms with Crippen molar-refractivity contribution in [3.8, 4) is 0 Å². The molecule has 3 aliphatic rings. The lowest BCUT2D eigenvalue weighted by Crippen LogP contribution is -2.43. The first-order chi connectivity index (χ1) is 24.1. The van der Waals surface area contributed by atoms with E-state index in [2.05, 4.69) is 20.1 Å². The van der Waals surface area contributed by atoms with E-state index < -0.39 is 55.2 Å². The Labute approximate surface area is 306 Å². The molecule has 1 amide bonds. The highest BCUT2D eigenvalue weighted by molar-refractivity contribution is 7.80. The molecular weight excluding hydrogens is 725 g/mol. The molecule has 51 heavy (non-hydrogen) atoms. The molecule has 5 heterocycles. The second-order valence-corrected chi connectivity index (χ2v) is 17.6. The molecule has 1 aliphatic carbocycles. The molecule has 6 atom stereocenters. The zero-order chi connectivity index (χ0) is 36.7. The van der Waals surface area contributed by atoms with Crippen molar-refractivity contribution in [3.05, 3.63) is 30.2 Å². The second kappa shape index (κ2) is 14.9. The molecule has 2 saturated heterocycles. The van der Waals surface area contributed by atoms with Crippen molar-refractivity contribution in [2.75, 3.05) is 31.4 Å². The standard InChI is InChI=1S/C32H45ClN7O9PS/c1-8-45-50(7,42)22(17-44-30(51)38-14-13-34-18-38)43-16-21-23-24(48-32(5,6)47-23)27(46-21)40-26-20(15-35-40)25(36-28(33)37-26)39(19-11-9-10-12-19)29(41)49-31(2,3)4/h13-15,18-19,21-24,27H,8-12,16-17H2,1-7H3/t21-,22?,23-,24-,27-,50?/m1/s1. The van der Waals surface area contributed by atoms with Gasteiger partial charge in [0.2, 0.25) is 12.7 Å². The third-order valence-corrected chi connectivity index (χ3v) is 11.3. The molecule has 3 aromatic heterocycles. The zero-order valence-electron chi connectivity index (χ0n) is 29.8. The van der Waals surface area contributed by atoms with E-state index in [1.54, 1.807) is 35.1 Å². The van der Waals surface area contributed by atoms with Gasteiger partial charge in [-0.25, -0.2) is 14.5 Å². The Bertz CT molecular complexity index is 1760. The smallest absolute Gasteiger partial charge is 0.416 e. The summed E-state index contributed by atoms with van der Waals surface area (Å²) in [4.78, 5) is 28.3. The summed E-state index contributed by atoms with van der Waals surface area (Å²) in [6, 6.07) is -0.129. The first-order valence-electron chi connectivity index (χ1n) is 17.0. The maximum Gasteiger partial charge on any atom is 0.416 e. The number of nitrogens with zero attached hydrogens (tertiary/aromatic N) is 7. The average molecular weight is 770 g/mol. The van der Waals surface area contributed by atoms with E-state index in [1.165, 1.54) is 17.6 Å². The van der Waals surface area contributed by atoms with Crippen molar-refractivity contribution >= 4 is 59.3 Å². The van der Waals surface area contributed by atoms with Crippen LogP contribution in [0.5, 0.6) is 0 Å². The van der Waals surface area contributed by atoms with Gasteiger partial charge in [0.25, 0.3) is 5.17 Å². The van der Waals surface area contributed by atoms with Gasteiger partial charge in [-0.05, 0) is 78.2 Å². The van der Waals surface area contributed by atoms with Crippen LogP contribution in [0.2, 0.25) is 5.28 Å². The number of halogens is 1. The summed E-state index contributed by atoms with van der Waals surface area (Å²) < 4.78 is 59.3. The van der Waals surface area contributed by atoms with Crippen LogP contribution >= 0.6 is 31.2 Å². The van der Waals surface area contributed by atoms with Crippen molar-refractivity contribution in [3.63, 3.8) is 0 Å². The van der Waals surface area contributed by atoms with Gasteiger partial charge in [-0.15, -0.1) is 0 Å². The Hall–Kier alpha value is -2.76. The van der Waals surface area contributed by atoms with Crippen molar-refractivity contribution in [1.29, 1.82) is 0 Å². The van der Waals surface area contributed by atoms with Crippen LogP contribution < -0.4 is 4.90 Å². The Morgan fingerprint density at radius 2 is 1.94 bits per heavy atom. The van der Waals surface area contributed by atoms with E-state index >= 15 is 0 Å². The molecule has 0 bridgehead atoms. The Kier molecular flexibility index (Phi) is 11.1. The first kappa shape index (κ1) is 38.0. The second-order valence-electron chi connectivity index (χ2n) is 14.2. The molecule has 16 nitrogen and oxygen atoms in total. The molecule has 0 spiro atoms. The van der Waals surface area contributed by atoms with Gasteiger partial charge in [0.05, 0.1) is 24.8 Å². The fourth-order valence-electron chi connectivity index (χ4n) is 6.58. The van der Waals surface area contributed by atoms with Crippen molar-refractivity contribution in [2.45, 2.75) is 115 Å². The minimum atomic E-state index is -3.34. The van der Waals surface area contributed by atoms with Gasteiger partial charge in [0.15, 0.2) is 29.3 Å². The fraction of sp³-hybridized carbons (Fsp3) is 0.688. The summed E-state index contributed by atoms with van der Waals surface area (Å²) >= 11 is 11.9. The molecule has 3 aromatic rings. The Morgan fingerprint density at radius 3 is 2.61 bits per heavy atom. The molecule has 6 rings (SSSR count). The van der Waals surface area contributed by atoms with Crippen LogP contribution in [-0.2, 0) is 37.5 Å². The van der Waals surface area contributed by atoms with E-state index in [0.29, 0.717) is 16.9 Å². The fourth-order valence-corrected chi connectivity index (χ4v) is 8.29. The van der Waals surface area contributed by atoms with E-state index in [0.717, 1.165) is 25.7 Å². The van der Waals surface area contributed by atoms with Crippen LogP contribution in [0.3, 0.4) is 0 Å². The Balaban J connectivity index is 1.28. The van der Waals surface area contributed by atoms with Gasteiger partial charge in [-0.3, -0.25) is 14.0 Å². The van der Waals surface area contributed by atoms with Crippen LogP contribution in [0.4, 0.5) is 10.6 Å². The number of carbonyl (C=O) groups is 1. The highest BCUT2D eigenvalue weighted by Crippen LogP contribution is 2.50. The molecule has 19 heteroatoms. The molecule has 2 unspecified atom stereocenters. The summed E-state index contributed by atoms with van der Waals surface area (Å²) in [5.41, 5.74) is -0.390. The number of rotatable bonds is 11. The summed E-state index contributed by atoms with van der Waals surface area (Å²) in [6.07, 6.45) is 6.53. The molecule has 0 N–H and O–H groups in total. The summed E-state index contributed by atoms with van der Waals surface area (Å²) in [5, 5.41) is 5.20. The highest BCUT2D eigenvalue weighted by atomic mass is 35.5. The van der Waals surface area contributed by atoms with Gasteiger partial charge >= 0.3 is 6.09 Å². The summed E-state index contributed by atoms with van der Waals surface area (Å²) in [6.45, 7) is 12.3. The number of anilines is 1. The van der Waals surface area contributed by atoms with Crippen molar-refractivity contribution in [1.82, 2.24) is 29.3 Å². The van der Waals surface area contributed by atoms with Crippen molar-refractivity contribution in [2.24, 2.45) is 0 Å². The molecule has 280 valence electrons. The number of ether oxygens (including phenoxy) is 6. The maximum atomic E-state index is 13.7. The van der Waals surface area contributed by atoms with E-state index in [9.17, 15) is 9.36 Å². The molecule has 2 aliphatic heterocycles. The van der Waals surface area contributed by atoms with Crippen molar-refractivity contribution < 1.29 is 42.3 Å². The average Bonchev–Trinajstić information content (AvgIpc) is 3.86. The minimum absolute atomic E-state index is 0.0534. The predicted molar refractivity (Wildman–Crippen MR) is 190 cm³/mol. The number of carbonyl (C=O) groups excluding carboxylic acids is 1. The lowest BCUT2D eigenvalue weighted by Gasteiger charge is -2.31. The van der Waals surface area contributed by atoms with Crippen LogP contribution in [0.1, 0.15) is 73.5 Å². The van der Waals surface area contributed by atoms with E-state index in [-0.39, 0.29) is 36.3 Å². The molecule has 0 radical (unpaired) electrons. The lowest BCUT2D eigenvalue weighted by molar-refractivity contribution is -0.203. The van der Waals surface area contributed by atoms with E-state index in [1.807, 2.05) is 34.6 Å². The normalized spacial score (nSPS) is 25.1. The van der Waals surface area contributed by atoms with Gasteiger partial charge < -0.3 is 32.9 Å². The predicted octanol–water partition coefficient (Wildman–Crippen LogP) is 5.91. The molecule has 3 fully saturated rings. The largest absolute Gasteiger partial charge is 0.467 e. The van der Waals surface area contributed by atoms with Gasteiger partial charge in [0, 0.05) is 25.1 Å². The first-order valence-corrected chi connectivity index (χ1v) is 19.9. The lowest BCUT2D eigenvalue weighted by atomic mass is 10.1.